The van der Waals surface area contributed by atoms with Crippen molar-refractivity contribution in [3.05, 3.63) is 0 Å². The van der Waals surface area contributed by atoms with Crippen LogP contribution in [0.2, 0.25) is 0 Å². The van der Waals surface area contributed by atoms with E-state index in [1.807, 2.05) is 20.8 Å². The Hall–Kier alpha value is -1.10. The van der Waals surface area contributed by atoms with E-state index in [4.69, 9.17) is 10.5 Å². The van der Waals surface area contributed by atoms with Gasteiger partial charge in [-0.2, -0.15) is 0 Å². The Balaban J connectivity index is 2.57. The molecule has 0 aromatic carbocycles. The molecule has 1 fully saturated rings. The van der Waals surface area contributed by atoms with Gasteiger partial charge in [-0.1, -0.05) is 0 Å². The summed E-state index contributed by atoms with van der Waals surface area (Å²) in [7, 11) is 0. The van der Waals surface area contributed by atoms with E-state index in [1.54, 1.807) is 0 Å². The molecule has 0 spiro atoms. The molecule has 1 aliphatic heterocycles. The fourth-order valence-corrected chi connectivity index (χ4v) is 1.88. The van der Waals surface area contributed by atoms with Crippen LogP contribution >= 0.6 is 0 Å². The smallest absolute Gasteiger partial charge is 0.323 e. The number of amides is 1. The van der Waals surface area contributed by atoms with Crippen molar-refractivity contribution < 1.29 is 14.3 Å². The van der Waals surface area contributed by atoms with Gasteiger partial charge in [-0.3, -0.25) is 9.59 Å². The second-order valence-corrected chi connectivity index (χ2v) is 5.18. The first-order chi connectivity index (χ1) is 7.29. The molecule has 1 aliphatic rings. The van der Waals surface area contributed by atoms with Crippen LogP contribution in [0, 0.1) is 5.92 Å². The van der Waals surface area contributed by atoms with Crippen molar-refractivity contribution in [3.8, 4) is 0 Å². The molecule has 16 heavy (non-hydrogen) atoms. The normalized spacial score (nSPS) is 25.4. The highest BCUT2D eigenvalue weighted by atomic mass is 16.6. The number of hydrogen-bond acceptors (Lipinski definition) is 4. The minimum Gasteiger partial charge on any atom is -0.459 e. The molecule has 2 atom stereocenters. The van der Waals surface area contributed by atoms with Crippen molar-refractivity contribution in [2.45, 2.75) is 45.3 Å². The van der Waals surface area contributed by atoms with E-state index in [2.05, 4.69) is 5.32 Å². The number of nitrogens with two attached hydrogens (primary N) is 1. The van der Waals surface area contributed by atoms with Gasteiger partial charge in [0.1, 0.15) is 11.6 Å². The number of rotatable bonds is 3. The van der Waals surface area contributed by atoms with Crippen LogP contribution < -0.4 is 11.1 Å². The lowest BCUT2D eigenvalue weighted by Gasteiger charge is -2.24. The van der Waals surface area contributed by atoms with E-state index < -0.39 is 11.6 Å². The molecule has 5 nitrogen and oxygen atoms in total. The van der Waals surface area contributed by atoms with E-state index in [9.17, 15) is 9.59 Å². The number of carbonyl (C=O) groups is 2. The zero-order valence-corrected chi connectivity index (χ0v) is 10.1. The summed E-state index contributed by atoms with van der Waals surface area (Å²) in [6.45, 7) is 6.19. The van der Waals surface area contributed by atoms with E-state index in [-0.39, 0.29) is 24.2 Å². The third-order valence-electron chi connectivity index (χ3n) is 2.47. The maximum atomic E-state index is 11.8. The Morgan fingerprint density at radius 2 is 2.06 bits per heavy atom. The summed E-state index contributed by atoms with van der Waals surface area (Å²) >= 11 is 0. The molecule has 5 heteroatoms. The summed E-state index contributed by atoms with van der Waals surface area (Å²) in [4.78, 5) is 22.7. The molecule has 92 valence electrons. The van der Waals surface area contributed by atoms with Crippen LogP contribution in [0.4, 0.5) is 0 Å². The van der Waals surface area contributed by atoms with Gasteiger partial charge in [0.15, 0.2) is 0 Å². The van der Waals surface area contributed by atoms with Crippen LogP contribution in [0.5, 0.6) is 0 Å². The Labute approximate surface area is 95.7 Å². The summed E-state index contributed by atoms with van der Waals surface area (Å²) < 4.78 is 5.28. The fourth-order valence-electron chi connectivity index (χ4n) is 1.88. The molecule has 0 saturated carbocycles. The van der Waals surface area contributed by atoms with E-state index in [0.717, 1.165) is 13.0 Å². The third kappa shape index (κ3) is 3.81. The van der Waals surface area contributed by atoms with Gasteiger partial charge < -0.3 is 15.8 Å². The number of nitrogens with one attached hydrogen (secondary N) is 1. The van der Waals surface area contributed by atoms with Crippen molar-refractivity contribution in [1.29, 1.82) is 0 Å². The summed E-state index contributed by atoms with van der Waals surface area (Å²) in [5.74, 6) is -0.703. The number of ether oxygens (including phenoxy) is 1. The van der Waals surface area contributed by atoms with E-state index >= 15 is 0 Å². The maximum absolute atomic E-state index is 11.8. The van der Waals surface area contributed by atoms with Gasteiger partial charge in [-0.25, -0.2) is 0 Å². The van der Waals surface area contributed by atoms with Crippen molar-refractivity contribution in [1.82, 2.24) is 5.32 Å². The van der Waals surface area contributed by atoms with Crippen molar-refractivity contribution >= 4 is 11.9 Å². The lowest BCUT2D eigenvalue weighted by atomic mass is 9.96. The average Bonchev–Trinajstić information content (AvgIpc) is 2.47. The highest BCUT2D eigenvalue weighted by Crippen LogP contribution is 2.22. The van der Waals surface area contributed by atoms with Crippen LogP contribution in [0.1, 0.15) is 33.6 Å². The highest BCUT2D eigenvalue weighted by Gasteiger charge is 2.36. The first-order valence-electron chi connectivity index (χ1n) is 5.54. The third-order valence-corrected chi connectivity index (χ3v) is 2.47. The van der Waals surface area contributed by atoms with Crippen molar-refractivity contribution in [3.63, 3.8) is 0 Å². The van der Waals surface area contributed by atoms with Gasteiger partial charge in [0.25, 0.3) is 0 Å². The summed E-state index contributed by atoms with van der Waals surface area (Å²) in [6.07, 6.45) is 1.02. The Kier molecular flexibility index (Phi) is 3.91. The molecule has 3 N–H and O–H groups in total. The topological polar surface area (TPSA) is 81.4 Å². The van der Waals surface area contributed by atoms with Gasteiger partial charge in [0.05, 0.1) is 0 Å². The van der Waals surface area contributed by atoms with E-state index in [0.29, 0.717) is 0 Å². The van der Waals surface area contributed by atoms with Crippen LogP contribution in [-0.2, 0) is 14.3 Å². The van der Waals surface area contributed by atoms with Crippen LogP contribution in [0.25, 0.3) is 0 Å². The molecule has 1 saturated heterocycles. The monoisotopic (exact) mass is 228 g/mol. The molecule has 1 heterocycles. The first kappa shape index (κ1) is 13.0. The van der Waals surface area contributed by atoms with Gasteiger partial charge in [0, 0.05) is 6.42 Å². The molecule has 0 aliphatic carbocycles. The molecule has 0 bridgehead atoms. The van der Waals surface area contributed by atoms with Gasteiger partial charge in [-0.15, -0.1) is 0 Å². The number of esters is 1. The summed E-state index contributed by atoms with van der Waals surface area (Å²) in [5.41, 5.74) is 4.64. The van der Waals surface area contributed by atoms with Crippen molar-refractivity contribution in [2.24, 2.45) is 11.7 Å². The second-order valence-electron chi connectivity index (χ2n) is 5.18. The van der Waals surface area contributed by atoms with E-state index in [1.165, 1.54) is 0 Å². The minimum atomic E-state index is -0.501. The molecule has 0 aromatic rings. The zero-order chi connectivity index (χ0) is 12.3. The minimum absolute atomic E-state index is 0.0349. The van der Waals surface area contributed by atoms with Crippen LogP contribution in [-0.4, -0.2) is 30.1 Å². The second kappa shape index (κ2) is 4.82. The van der Waals surface area contributed by atoms with Gasteiger partial charge in [-0.05, 0) is 39.7 Å². The molecule has 1 rings (SSSR count). The Morgan fingerprint density at radius 1 is 1.44 bits per heavy atom. The molecule has 0 radical (unpaired) electrons. The number of primary amides is 1. The summed E-state index contributed by atoms with van der Waals surface area (Å²) in [5, 5.41) is 3.05. The van der Waals surface area contributed by atoms with Gasteiger partial charge >= 0.3 is 5.97 Å². The highest BCUT2D eigenvalue weighted by molar-refractivity contribution is 5.79. The average molecular weight is 228 g/mol. The van der Waals surface area contributed by atoms with Crippen LogP contribution in [0.3, 0.4) is 0 Å². The SMILES string of the molecule is CC(C)(C)OC(=O)[C@H]1NCC[C@@H]1CC(N)=O. The Bertz CT molecular complexity index is 283. The predicted octanol–water partition coefficient (Wildman–Crippen LogP) is 0.182. The molecule has 1 amide bonds. The molecular weight excluding hydrogens is 208 g/mol. The number of carbonyl (C=O) groups excluding carboxylic acids is 2. The van der Waals surface area contributed by atoms with Gasteiger partial charge in [0.2, 0.25) is 5.91 Å². The standard InChI is InChI=1S/C11H20N2O3/c1-11(2,3)16-10(15)9-7(4-5-13-9)6-8(12)14/h7,9,13H,4-6H2,1-3H3,(H2,12,14)/t7-,9+/m1/s1. The Morgan fingerprint density at radius 3 is 2.56 bits per heavy atom. The molecular formula is C11H20N2O3. The largest absolute Gasteiger partial charge is 0.459 e. The van der Waals surface area contributed by atoms with Crippen LogP contribution in [0.15, 0.2) is 0 Å². The lowest BCUT2D eigenvalue weighted by molar-refractivity contribution is -0.158. The maximum Gasteiger partial charge on any atom is 0.323 e. The first-order valence-corrected chi connectivity index (χ1v) is 5.54. The number of hydrogen-bond donors (Lipinski definition) is 2. The summed E-state index contributed by atoms with van der Waals surface area (Å²) in [6, 6.07) is -0.397. The van der Waals surface area contributed by atoms with Crippen molar-refractivity contribution in [2.75, 3.05) is 6.54 Å². The lowest BCUT2D eigenvalue weighted by Crippen LogP contribution is -2.41. The molecule has 0 unspecified atom stereocenters. The quantitative estimate of drug-likeness (QED) is 0.675. The molecule has 0 aromatic heterocycles. The predicted molar refractivity (Wildman–Crippen MR) is 59.6 cm³/mol. The zero-order valence-electron chi connectivity index (χ0n) is 10.1. The fraction of sp³-hybridized carbons (Fsp3) is 0.818.